The van der Waals surface area contributed by atoms with Gasteiger partial charge in [-0.3, -0.25) is 4.57 Å². The van der Waals surface area contributed by atoms with Gasteiger partial charge in [0.2, 0.25) is 0 Å². The topological polar surface area (TPSA) is 88.1 Å². The molecule has 0 radical (unpaired) electrons. The van der Waals surface area contributed by atoms with Gasteiger partial charge in [0.05, 0.1) is 31.7 Å². The Kier molecular flexibility index (Phi) is 18.4. The molecule has 0 bridgehead atoms. The fourth-order valence-corrected chi connectivity index (χ4v) is 5.68. The van der Waals surface area contributed by atoms with Crippen LogP contribution in [0.3, 0.4) is 0 Å². The van der Waals surface area contributed by atoms with Gasteiger partial charge in [-0.2, -0.15) is 0 Å². The summed E-state index contributed by atoms with van der Waals surface area (Å²) >= 11 is 0. The van der Waals surface area contributed by atoms with Crippen LogP contribution in [0.4, 0.5) is 0 Å². The van der Waals surface area contributed by atoms with Gasteiger partial charge in [-0.05, 0) is 58.1 Å². The highest BCUT2D eigenvalue weighted by Crippen LogP contribution is 2.48. The zero-order valence-electron chi connectivity index (χ0n) is 24.3. The molecule has 0 saturated heterocycles. The molecule has 8 heteroatoms. The first-order valence-corrected chi connectivity index (χ1v) is 15.8. The normalized spacial score (nSPS) is 11.3. The maximum Gasteiger partial charge on any atom is 0.361 e. The lowest BCUT2D eigenvalue weighted by Crippen LogP contribution is -2.14. The van der Waals surface area contributed by atoms with E-state index in [1.807, 2.05) is 31.2 Å². The highest BCUT2D eigenvalue weighted by Gasteiger charge is 2.29. The SMILES string of the molecule is C=C(C)C(=O)OCCCCCCCCOP(=O)(OCCCCCCCCOC(=O)C(=C)C)c1ccccc1C. The zero-order chi connectivity index (χ0) is 28.9. The van der Waals surface area contributed by atoms with Crippen LogP contribution in [0.1, 0.15) is 96.5 Å². The van der Waals surface area contributed by atoms with E-state index in [9.17, 15) is 14.2 Å². The first-order valence-electron chi connectivity index (χ1n) is 14.3. The minimum absolute atomic E-state index is 0.330. The maximum atomic E-state index is 13.7. The number of aryl methyl sites for hydroxylation is 1. The van der Waals surface area contributed by atoms with Crippen LogP contribution >= 0.6 is 7.60 Å². The van der Waals surface area contributed by atoms with Crippen molar-refractivity contribution in [1.29, 1.82) is 0 Å². The first kappa shape index (κ1) is 34.8. The number of rotatable bonds is 23. The van der Waals surface area contributed by atoms with Crippen molar-refractivity contribution < 1.29 is 32.7 Å². The summed E-state index contributed by atoms with van der Waals surface area (Å²) in [7, 11) is -3.40. The fraction of sp³-hybridized carbons (Fsp3) is 0.613. The molecule has 0 N–H and O–H groups in total. The molecule has 1 aromatic rings. The number of benzene rings is 1. The summed E-state index contributed by atoms with van der Waals surface area (Å²) in [6, 6.07) is 7.54. The Morgan fingerprint density at radius 1 is 0.641 bits per heavy atom. The van der Waals surface area contributed by atoms with Crippen LogP contribution in [-0.2, 0) is 32.7 Å². The third-order valence-electron chi connectivity index (χ3n) is 6.17. The molecule has 0 aromatic heterocycles. The fourth-order valence-electron chi connectivity index (χ4n) is 3.82. The number of ether oxygens (including phenoxy) is 2. The van der Waals surface area contributed by atoms with Gasteiger partial charge in [0.1, 0.15) is 0 Å². The number of carbonyl (C=O) groups excluding carboxylic acids is 2. The predicted molar refractivity (Wildman–Crippen MR) is 157 cm³/mol. The summed E-state index contributed by atoms with van der Waals surface area (Å²) in [5.74, 6) is -0.661. The highest BCUT2D eigenvalue weighted by molar-refractivity contribution is 7.62. The average molecular weight is 565 g/mol. The smallest absolute Gasteiger partial charge is 0.361 e. The molecule has 0 aliphatic carbocycles. The second-order valence-corrected chi connectivity index (χ2v) is 12.0. The van der Waals surface area contributed by atoms with Crippen LogP contribution in [0.15, 0.2) is 48.6 Å². The molecule has 1 aromatic carbocycles. The summed E-state index contributed by atoms with van der Waals surface area (Å²) in [6.07, 6.45) is 11.5. The lowest BCUT2D eigenvalue weighted by Gasteiger charge is -2.20. The van der Waals surface area contributed by atoms with E-state index in [0.717, 1.165) is 82.6 Å². The molecule has 0 aliphatic heterocycles. The van der Waals surface area contributed by atoms with Gasteiger partial charge >= 0.3 is 19.5 Å². The molecule has 39 heavy (non-hydrogen) atoms. The summed E-state index contributed by atoms with van der Waals surface area (Å²) in [4.78, 5) is 22.7. The first-order chi connectivity index (χ1) is 18.7. The minimum Gasteiger partial charge on any atom is -0.462 e. The van der Waals surface area contributed by atoms with Crippen molar-refractivity contribution >= 4 is 24.8 Å². The molecular formula is C31H49O7P. The Balaban J connectivity index is 2.27. The summed E-state index contributed by atoms with van der Waals surface area (Å²) in [5, 5.41) is 0.638. The largest absolute Gasteiger partial charge is 0.462 e. The standard InChI is InChI=1S/C31H49O7P/c1-26(2)30(32)35-22-16-10-6-8-12-18-24-37-39(34,29-21-15-14-20-28(29)5)38-25-19-13-9-7-11-17-23-36-31(33)27(3)4/h14-15,20-21H,1,3,6-13,16-19,22-25H2,2,4-5H3. The predicted octanol–water partition coefficient (Wildman–Crippen LogP) is 7.77. The summed E-state index contributed by atoms with van der Waals surface area (Å²) < 4.78 is 35.8. The minimum atomic E-state index is -3.40. The van der Waals surface area contributed by atoms with Crippen molar-refractivity contribution in [3.8, 4) is 0 Å². The van der Waals surface area contributed by atoms with Gasteiger partial charge in [-0.15, -0.1) is 0 Å². The second kappa shape index (κ2) is 20.7. The van der Waals surface area contributed by atoms with Crippen molar-refractivity contribution in [3.05, 3.63) is 54.1 Å². The molecule has 7 nitrogen and oxygen atoms in total. The van der Waals surface area contributed by atoms with Gasteiger partial charge < -0.3 is 18.5 Å². The molecule has 0 heterocycles. The highest BCUT2D eigenvalue weighted by atomic mass is 31.2. The van der Waals surface area contributed by atoms with E-state index in [-0.39, 0.29) is 11.9 Å². The van der Waals surface area contributed by atoms with Gasteiger partial charge in [-0.25, -0.2) is 9.59 Å². The molecule has 0 unspecified atom stereocenters. The van der Waals surface area contributed by atoms with Crippen LogP contribution in [0.2, 0.25) is 0 Å². The number of hydrogen-bond acceptors (Lipinski definition) is 7. The Labute approximate surface area is 235 Å². The molecular weight excluding hydrogens is 515 g/mol. The van der Waals surface area contributed by atoms with Crippen molar-refractivity contribution in [2.75, 3.05) is 26.4 Å². The third kappa shape index (κ3) is 15.8. The number of carbonyl (C=O) groups is 2. The molecule has 0 aliphatic rings. The van der Waals surface area contributed by atoms with Crippen molar-refractivity contribution in [2.45, 2.75) is 97.8 Å². The van der Waals surface area contributed by atoms with Gasteiger partial charge in [-0.1, -0.05) is 82.7 Å². The second-order valence-electron chi connectivity index (χ2n) is 10.0. The molecule has 220 valence electrons. The van der Waals surface area contributed by atoms with Crippen LogP contribution in [0, 0.1) is 6.92 Å². The van der Waals surface area contributed by atoms with E-state index in [1.54, 1.807) is 13.8 Å². The molecule has 0 saturated carbocycles. The number of hydrogen-bond donors (Lipinski definition) is 0. The number of unbranched alkanes of at least 4 members (excludes halogenated alkanes) is 10. The van der Waals surface area contributed by atoms with E-state index in [1.165, 1.54) is 0 Å². The Bertz CT molecular complexity index is 891. The summed E-state index contributed by atoms with van der Waals surface area (Å²) in [6.45, 7) is 14.0. The lowest BCUT2D eigenvalue weighted by molar-refractivity contribution is -0.139. The Morgan fingerprint density at radius 3 is 1.38 bits per heavy atom. The quantitative estimate of drug-likeness (QED) is 0.0581. The van der Waals surface area contributed by atoms with Gasteiger partial charge in [0, 0.05) is 11.1 Å². The molecule has 0 amide bonds. The van der Waals surface area contributed by atoms with Crippen molar-refractivity contribution in [2.24, 2.45) is 0 Å². The van der Waals surface area contributed by atoms with Gasteiger partial charge in [0.15, 0.2) is 0 Å². The van der Waals surface area contributed by atoms with E-state index in [2.05, 4.69) is 13.2 Å². The monoisotopic (exact) mass is 564 g/mol. The van der Waals surface area contributed by atoms with Crippen molar-refractivity contribution in [3.63, 3.8) is 0 Å². The van der Waals surface area contributed by atoms with Gasteiger partial charge in [0.25, 0.3) is 0 Å². The number of esters is 2. The lowest BCUT2D eigenvalue weighted by atomic mass is 10.1. The molecule has 0 spiro atoms. The molecule has 0 atom stereocenters. The van der Waals surface area contributed by atoms with E-state index in [4.69, 9.17) is 18.5 Å². The van der Waals surface area contributed by atoms with Crippen molar-refractivity contribution in [1.82, 2.24) is 0 Å². The zero-order valence-corrected chi connectivity index (χ0v) is 25.2. The Morgan fingerprint density at radius 2 is 1.00 bits per heavy atom. The van der Waals surface area contributed by atoms with E-state index in [0.29, 0.717) is 42.9 Å². The van der Waals surface area contributed by atoms with Crippen LogP contribution in [0.5, 0.6) is 0 Å². The molecule has 1 rings (SSSR count). The third-order valence-corrected chi connectivity index (χ3v) is 8.31. The average Bonchev–Trinajstić information content (AvgIpc) is 2.90. The van der Waals surface area contributed by atoms with E-state index < -0.39 is 7.60 Å². The summed E-state index contributed by atoms with van der Waals surface area (Å²) in [5.41, 5.74) is 1.75. The maximum absolute atomic E-state index is 13.7. The van der Waals surface area contributed by atoms with Crippen LogP contribution < -0.4 is 5.30 Å². The van der Waals surface area contributed by atoms with Crippen LogP contribution in [-0.4, -0.2) is 38.4 Å². The molecule has 0 fully saturated rings. The van der Waals surface area contributed by atoms with E-state index >= 15 is 0 Å². The van der Waals surface area contributed by atoms with Crippen LogP contribution in [0.25, 0.3) is 0 Å². The Hall–Kier alpha value is -2.21.